The zero-order valence-corrected chi connectivity index (χ0v) is 18.1. The summed E-state index contributed by atoms with van der Waals surface area (Å²) in [5.41, 5.74) is 7.06. The predicted octanol–water partition coefficient (Wildman–Crippen LogP) is 7.17. The molecule has 0 N–H and O–H groups in total. The Morgan fingerprint density at radius 2 is 1.76 bits per heavy atom. The van der Waals surface area contributed by atoms with Crippen molar-refractivity contribution in [3.63, 3.8) is 0 Å². The molecule has 142 valence electrons. The van der Waals surface area contributed by atoms with E-state index in [1.807, 2.05) is 40.7 Å². The van der Waals surface area contributed by atoms with Crippen LogP contribution < -0.4 is 0 Å². The van der Waals surface area contributed by atoms with Gasteiger partial charge in [-0.3, -0.25) is 4.57 Å². The van der Waals surface area contributed by atoms with Gasteiger partial charge in [0.25, 0.3) is 0 Å². The van der Waals surface area contributed by atoms with E-state index in [4.69, 9.17) is 9.05 Å². The van der Waals surface area contributed by atoms with Crippen molar-refractivity contribution in [2.24, 2.45) is 5.41 Å². The van der Waals surface area contributed by atoms with Crippen LogP contribution in [0.1, 0.15) is 74.7 Å². The summed E-state index contributed by atoms with van der Waals surface area (Å²) < 4.78 is 23.8. The Bertz CT molecular complexity index is 616. The SMILES string of the molecule is CC(=C=CP(=O)(OC(C)C)OC(C)C)C=CC1=C(C)CCCC1(C)C. The van der Waals surface area contributed by atoms with Gasteiger partial charge in [0.15, 0.2) is 0 Å². The second-order valence-electron chi connectivity index (χ2n) is 8.07. The molecule has 0 radical (unpaired) electrons. The molecule has 0 aromatic carbocycles. The first kappa shape index (κ1) is 22.2. The van der Waals surface area contributed by atoms with Crippen molar-refractivity contribution in [3.05, 3.63) is 40.4 Å². The van der Waals surface area contributed by atoms with Crippen molar-refractivity contribution in [3.8, 4) is 0 Å². The van der Waals surface area contributed by atoms with Crippen molar-refractivity contribution >= 4 is 7.60 Å². The Kier molecular flexibility index (Phi) is 8.16. The lowest BCUT2D eigenvalue weighted by molar-refractivity contribution is 0.149. The van der Waals surface area contributed by atoms with Crippen molar-refractivity contribution < 1.29 is 13.6 Å². The van der Waals surface area contributed by atoms with Crippen LogP contribution >= 0.6 is 7.60 Å². The number of hydrogen-bond donors (Lipinski definition) is 0. The molecule has 1 aliphatic carbocycles. The molecule has 1 rings (SSSR count). The Labute approximate surface area is 154 Å². The van der Waals surface area contributed by atoms with Gasteiger partial charge in [0.1, 0.15) is 0 Å². The lowest BCUT2D eigenvalue weighted by atomic mass is 9.72. The zero-order chi connectivity index (χ0) is 19.3. The van der Waals surface area contributed by atoms with Crippen LogP contribution in [-0.2, 0) is 13.6 Å². The highest BCUT2D eigenvalue weighted by Gasteiger charge is 2.26. The normalized spacial score (nSPS) is 18.2. The monoisotopic (exact) mass is 366 g/mol. The minimum atomic E-state index is -3.28. The molecule has 0 atom stereocenters. The van der Waals surface area contributed by atoms with Gasteiger partial charge in [-0.05, 0) is 77.4 Å². The van der Waals surface area contributed by atoms with Crippen molar-refractivity contribution in [1.82, 2.24) is 0 Å². The number of rotatable bonds is 7. The molecule has 0 aromatic rings. The van der Waals surface area contributed by atoms with E-state index < -0.39 is 7.60 Å². The van der Waals surface area contributed by atoms with Crippen LogP contribution in [0.4, 0.5) is 0 Å². The smallest absolute Gasteiger partial charge is 0.302 e. The second kappa shape index (κ2) is 9.19. The summed E-state index contributed by atoms with van der Waals surface area (Å²) in [4.78, 5) is 0. The molecule has 0 saturated carbocycles. The number of hydrogen-bond acceptors (Lipinski definition) is 3. The van der Waals surface area contributed by atoms with Crippen LogP contribution in [0.25, 0.3) is 0 Å². The largest absolute Gasteiger partial charge is 0.362 e. The van der Waals surface area contributed by atoms with E-state index in [1.165, 1.54) is 36.2 Å². The molecule has 25 heavy (non-hydrogen) atoms. The summed E-state index contributed by atoms with van der Waals surface area (Å²) in [5, 5.41) is 0. The third kappa shape index (κ3) is 7.50. The van der Waals surface area contributed by atoms with Crippen molar-refractivity contribution in [2.45, 2.75) is 86.9 Å². The van der Waals surface area contributed by atoms with E-state index >= 15 is 0 Å². The maximum Gasteiger partial charge on any atom is 0.362 e. The third-order valence-corrected chi connectivity index (χ3v) is 6.08. The fourth-order valence-corrected chi connectivity index (χ4v) is 4.83. The first-order valence-corrected chi connectivity index (χ1v) is 10.9. The van der Waals surface area contributed by atoms with E-state index in [9.17, 15) is 4.57 Å². The summed E-state index contributed by atoms with van der Waals surface area (Å²) in [6, 6.07) is 0. The molecule has 0 saturated heterocycles. The van der Waals surface area contributed by atoms with Crippen LogP contribution in [0.15, 0.2) is 40.4 Å². The first-order chi connectivity index (χ1) is 11.4. The second-order valence-corrected chi connectivity index (χ2v) is 9.83. The van der Waals surface area contributed by atoms with Crippen LogP contribution in [0.3, 0.4) is 0 Å². The highest BCUT2D eigenvalue weighted by Crippen LogP contribution is 2.51. The van der Waals surface area contributed by atoms with E-state index in [-0.39, 0.29) is 17.6 Å². The standard InChI is InChI=1S/C21H35O3P/c1-16(2)23-25(22,24-17(3)4)15-13-18(5)11-12-20-19(6)10-9-14-21(20,7)8/h11-12,15-17H,9-10,14H2,1-8H3. The minimum absolute atomic E-state index is 0.172. The Morgan fingerprint density at radius 3 is 2.24 bits per heavy atom. The van der Waals surface area contributed by atoms with Crippen LogP contribution in [0.2, 0.25) is 0 Å². The van der Waals surface area contributed by atoms with Gasteiger partial charge >= 0.3 is 7.60 Å². The van der Waals surface area contributed by atoms with Gasteiger partial charge in [0.2, 0.25) is 0 Å². The minimum Gasteiger partial charge on any atom is -0.302 e. The van der Waals surface area contributed by atoms with E-state index in [0.29, 0.717) is 0 Å². The number of allylic oxidation sites excluding steroid dienone is 5. The molecular weight excluding hydrogens is 331 g/mol. The Morgan fingerprint density at radius 1 is 1.20 bits per heavy atom. The Hall–Kier alpha value is -0.850. The fraction of sp³-hybridized carbons (Fsp3) is 0.667. The molecule has 0 bridgehead atoms. The van der Waals surface area contributed by atoms with Gasteiger partial charge in [-0.25, -0.2) is 0 Å². The maximum absolute atomic E-state index is 12.8. The molecular formula is C21H35O3P. The first-order valence-electron chi connectivity index (χ1n) is 9.24. The lowest BCUT2D eigenvalue weighted by Crippen LogP contribution is -2.19. The highest BCUT2D eigenvalue weighted by atomic mass is 31.2. The van der Waals surface area contributed by atoms with Crippen LogP contribution in [0, 0.1) is 5.41 Å². The van der Waals surface area contributed by atoms with Crippen LogP contribution in [0.5, 0.6) is 0 Å². The quantitative estimate of drug-likeness (QED) is 0.272. The molecule has 0 fully saturated rings. The van der Waals surface area contributed by atoms with Gasteiger partial charge in [0, 0.05) is 0 Å². The molecule has 4 heteroatoms. The molecule has 0 amide bonds. The van der Waals surface area contributed by atoms with E-state index in [1.54, 1.807) is 0 Å². The zero-order valence-electron chi connectivity index (χ0n) is 17.2. The molecule has 1 aliphatic rings. The fourth-order valence-electron chi connectivity index (χ4n) is 3.12. The predicted molar refractivity (Wildman–Crippen MR) is 107 cm³/mol. The lowest BCUT2D eigenvalue weighted by Gasteiger charge is -2.32. The summed E-state index contributed by atoms with van der Waals surface area (Å²) in [5.74, 6) is 1.46. The molecule has 3 nitrogen and oxygen atoms in total. The Balaban J connectivity index is 3.05. The summed E-state index contributed by atoms with van der Waals surface area (Å²) >= 11 is 0. The van der Waals surface area contributed by atoms with Crippen molar-refractivity contribution in [1.29, 1.82) is 0 Å². The van der Waals surface area contributed by atoms with Gasteiger partial charge in [-0.2, -0.15) is 0 Å². The summed E-state index contributed by atoms with van der Waals surface area (Å²) in [6.07, 6.45) is 7.51. The van der Waals surface area contributed by atoms with Gasteiger partial charge in [0.05, 0.1) is 18.0 Å². The molecule has 0 aromatic heterocycles. The maximum atomic E-state index is 12.8. The topological polar surface area (TPSA) is 35.5 Å². The molecule has 0 unspecified atom stereocenters. The molecule has 0 aliphatic heterocycles. The van der Waals surface area contributed by atoms with Gasteiger partial charge in [-0.15, -0.1) is 5.73 Å². The molecule has 0 heterocycles. The average Bonchev–Trinajstić information content (AvgIpc) is 2.42. The third-order valence-electron chi connectivity index (χ3n) is 4.21. The average molecular weight is 366 g/mol. The van der Waals surface area contributed by atoms with Crippen molar-refractivity contribution in [2.75, 3.05) is 0 Å². The van der Waals surface area contributed by atoms with Crippen LogP contribution in [-0.4, -0.2) is 12.2 Å². The van der Waals surface area contributed by atoms with Gasteiger partial charge in [-0.1, -0.05) is 31.6 Å². The summed E-state index contributed by atoms with van der Waals surface area (Å²) in [6.45, 7) is 16.2. The van der Waals surface area contributed by atoms with Gasteiger partial charge < -0.3 is 9.05 Å². The molecule has 0 spiro atoms. The van der Waals surface area contributed by atoms with E-state index in [0.717, 1.165) is 5.57 Å². The summed E-state index contributed by atoms with van der Waals surface area (Å²) in [7, 11) is -3.28. The highest BCUT2D eigenvalue weighted by molar-refractivity contribution is 7.57. The van der Waals surface area contributed by atoms with E-state index in [2.05, 4.69) is 32.6 Å².